The van der Waals surface area contributed by atoms with Crippen LogP contribution in [0.5, 0.6) is 11.5 Å². The quantitative estimate of drug-likeness (QED) is 0.920. The van der Waals surface area contributed by atoms with E-state index in [1.165, 1.54) is 0 Å². The Kier molecular flexibility index (Phi) is 4.36. The van der Waals surface area contributed by atoms with E-state index in [1.807, 2.05) is 18.2 Å². The summed E-state index contributed by atoms with van der Waals surface area (Å²) >= 11 is 12.3. The number of fused-ring (bicyclic) bond motifs is 1. The molecule has 0 bridgehead atoms. The third-order valence-electron chi connectivity index (χ3n) is 3.12. The average molecular weight is 325 g/mol. The van der Waals surface area contributed by atoms with Gasteiger partial charge in [0.05, 0.1) is 28.9 Å². The Morgan fingerprint density at radius 3 is 2.86 bits per heavy atom. The van der Waals surface area contributed by atoms with Crippen molar-refractivity contribution in [1.82, 2.24) is 4.98 Å². The molecule has 6 heteroatoms. The van der Waals surface area contributed by atoms with Gasteiger partial charge in [-0.1, -0.05) is 23.2 Å². The zero-order valence-corrected chi connectivity index (χ0v) is 12.7. The number of aromatic nitrogens is 1. The number of hydrogen-bond donors (Lipinski definition) is 1. The minimum Gasteiger partial charge on any atom is -0.489 e. The van der Waals surface area contributed by atoms with Gasteiger partial charge in [-0.05, 0) is 23.8 Å². The van der Waals surface area contributed by atoms with Crippen LogP contribution in [0.3, 0.4) is 0 Å². The van der Waals surface area contributed by atoms with Crippen molar-refractivity contribution < 1.29 is 9.47 Å². The van der Waals surface area contributed by atoms with Crippen molar-refractivity contribution in [2.24, 2.45) is 0 Å². The van der Waals surface area contributed by atoms with Crippen LogP contribution in [0.2, 0.25) is 10.0 Å². The van der Waals surface area contributed by atoms with E-state index in [1.54, 1.807) is 12.4 Å². The lowest BCUT2D eigenvalue weighted by Crippen LogP contribution is -2.01. The number of hydrogen-bond acceptors (Lipinski definition) is 4. The Hall–Kier alpha value is -1.65. The van der Waals surface area contributed by atoms with Crippen LogP contribution in [-0.2, 0) is 6.54 Å². The molecule has 0 saturated carbocycles. The van der Waals surface area contributed by atoms with Gasteiger partial charge in [-0.25, -0.2) is 0 Å². The number of anilines is 1. The second-order valence-corrected chi connectivity index (χ2v) is 5.48. The van der Waals surface area contributed by atoms with E-state index in [9.17, 15) is 0 Å². The van der Waals surface area contributed by atoms with Crippen LogP contribution in [0.15, 0.2) is 30.6 Å². The molecule has 0 spiro atoms. The van der Waals surface area contributed by atoms with Gasteiger partial charge in [-0.15, -0.1) is 0 Å². The molecule has 1 aliphatic rings. The minimum absolute atomic E-state index is 0.562. The molecule has 0 amide bonds. The highest BCUT2D eigenvalue weighted by atomic mass is 35.5. The van der Waals surface area contributed by atoms with Gasteiger partial charge in [0.2, 0.25) is 0 Å². The largest absolute Gasteiger partial charge is 0.489 e. The summed E-state index contributed by atoms with van der Waals surface area (Å²) in [6, 6.07) is 5.64. The summed E-state index contributed by atoms with van der Waals surface area (Å²) in [6.07, 6.45) is 4.14. The number of ether oxygens (including phenoxy) is 2. The molecule has 21 heavy (non-hydrogen) atoms. The monoisotopic (exact) mass is 324 g/mol. The summed E-state index contributed by atoms with van der Waals surface area (Å²) in [5.74, 6) is 1.32. The number of halogens is 2. The fourth-order valence-electron chi connectivity index (χ4n) is 2.10. The van der Waals surface area contributed by atoms with E-state index in [0.717, 1.165) is 17.7 Å². The third-order valence-corrected chi connectivity index (χ3v) is 3.70. The van der Waals surface area contributed by atoms with Crippen LogP contribution in [0.1, 0.15) is 12.0 Å². The molecule has 0 aliphatic carbocycles. The summed E-state index contributed by atoms with van der Waals surface area (Å²) in [4.78, 5) is 3.95. The molecule has 0 atom stereocenters. The minimum atomic E-state index is 0.562. The van der Waals surface area contributed by atoms with Gasteiger partial charge >= 0.3 is 0 Å². The summed E-state index contributed by atoms with van der Waals surface area (Å²) < 4.78 is 11.3. The van der Waals surface area contributed by atoms with Crippen molar-refractivity contribution in [3.8, 4) is 11.5 Å². The van der Waals surface area contributed by atoms with Gasteiger partial charge in [0.1, 0.15) is 0 Å². The van der Waals surface area contributed by atoms with E-state index >= 15 is 0 Å². The summed E-state index contributed by atoms with van der Waals surface area (Å²) in [5, 5.41) is 4.40. The molecule has 2 aromatic rings. The first-order valence-corrected chi connectivity index (χ1v) is 7.41. The van der Waals surface area contributed by atoms with E-state index in [4.69, 9.17) is 32.7 Å². The van der Waals surface area contributed by atoms with Gasteiger partial charge in [0, 0.05) is 25.4 Å². The van der Waals surface area contributed by atoms with Crippen LogP contribution in [0.4, 0.5) is 5.69 Å². The van der Waals surface area contributed by atoms with Crippen LogP contribution >= 0.6 is 23.2 Å². The fraction of sp³-hybridized carbons (Fsp3) is 0.267. The fourth-order valence-corrected chi connectivity index (χ4v) is 2.58. The Bertz CT molecular complexity index is 650. The molecule has 0 fully saturated rings. The van der Waals surface area contributed by atoms with Crippen molar-refractivity contribution in [2.45, 2.75) is 13.0 Å². The number of benzene rings is 1. The smallest absolute Gasteiger partial charge is 0.179 e. The highest BCUT2D eigenvalue weighted by Gasteiger charge is 2.15. The van der Waals surface area contributed by atoms with Gasteiger partial charge < -0.3 is 14.8 Å². The van der Waals surface area contributed by atoms with Gasteiger partial charge in [-0.2, -0.15) is 0 Å². The Morgan fingerprint density at radius 2 is 2.00 bits per heavy atom. The topological polar surface area (TPSA) is 43.4 Å². The molecule has 1 N–H and O–H groups in total. The normalized spacial score (nSPS) is 13.6. The maximum Gasteiger partial charge on any atom is 0.179 e. The Balaban J connectivity index is 1.79. The van der Waals surface area contributed by atoms with Crippen LogP contribution < -0.4 is 14.8 Å². The van der Waals surface area contributed by atoms with Crippen molar-refractivity contribution in [3.05, 3.63) is 46.2 Å². The van der Waals surface area contributed by atoms with E-state index in [-0.39, 0.29) is 0 Å². The molecule has 0 radical (unpaired) electrons. The molecule has 110 valence electrons. The van der Waals surface area contributed by atoms with E-state index in [2.05, 4.69) is 10.3 Å². The zero-order valence-electron chi connectivity index (χ0n) is 11.2. The maximum absolute atomic E-state index is 6.26. The van der Waals surface area contributed by atoms with E-state index in [0.29, 0.717) is 41.3 Å². The molecule has 1 aliphatic heterocycles. The lowest BCUT2D eigenvalue weighted by molar-refractivity contribution is 0.297. The first kappa shape index (κ1) is 14.3. The number of rotatable bonds is 3. The van der Waals surface area contributed by atoms with Crippen LogP contribution in [-0.4, -0.2) is 18.2 Å². The van der Waals surface area contributed by atoms with Crippen molar-refractivity contribution in [3.63, 3.8) is 0 Å². The molecular formula is C15H14Cl2N2O2. The van der Waals surface area contributed by atoms with E-state index < -0.39 is 0 Å². The maximum atomic E-state index is 6.26. The van der Waals surface area contributed by atoms with Crippen molar-refractivity contribution in [1.29, 1.82) is 0 Å². The molecule has 0 saturated heterocycles. The predicted molar refractivity (Wildman–Crippen MR) is 83.6 cm³/mol. The van der Waals surface area contributed by atoms with Gasteiger partial charge in [-0.3, -0.25) is 4.98 Å². The van der Waals surface area contributed by atoms with Crippen LogP contribution in [0, 0.1) is 0 Å². The summed E-state index contributed by atoms with van der Waals surface area (Å²) in [7, 11) is 0. The first-order valence-electron chi connectivity index (χ1n) is 6.65. The van der Waals surface area contributed by atoms with Crippen LogP contribution in [0.25, 0.3) is 0 Å². The molecule has 3 rings (SSSR count). The summed E-state index contributed by atoms with van der Waals surface area (Å²) in [6.45, 7) is 1.84. The van der Waals surface area contributed by atoms with Gasteiger partial charge in [0.15, 0.2) is 11.5 Å². The molecule has 4 nitrogen and oxygen atoms in total. The molecular weight excluding hydrogens is 311 g/mol. The number of pyridine rings is 1. The third kappa shape index (κ3) is 3.34. The molecule has 2 heterocycles. The highest BCUT2D eigenvalue weighted by Crippen LogP contribution is 2.38. The summed E-state index contributed by atoms with van der Waals surface area (Å²) in [5.41, 5.74) is 1.83. The molecule has 1 aromatic heterocycles. The van der Waals surface area contributed by atoms with Crippen molar-refractivity contribution >= 4 is 28.9 Å². The van der Waals surface area contributed by atoms with Gasteiger partial charge in [0.25, 0.3) is 0 Å². The first-order chi connectivity index (χ1) is 10.2. The lowest BCUT2D eigenvalue weighted by atomic mass is 10.2. The predicted octanol–water partition coefficient (Wildman–Crippen LogP) is 4.16. The Morgan fingerprint density at radius 1 is 1.14 bits per heavy atom. The number of nitrogens with one attached hydrogen (secondary N) is 1. The second-order valence-electron chi connectivity index (χ2n) is 4.66. The number of nitrogens with zero attached hydrogens (tertiary/aromatic N) is 1. The average Bonchev–Trinajstić information content (AvgIpc) is 2.72. The molecule has 0 unspecified atom stereocenters. The zero-order chi connectivity index (χ0) is 14.7. The second kappa shape index (κ2) is 6.41. The lowest BCUT2D eigenvalue weighted by Gasteiger charge is -2.13. The van der Waals surface area contributed by atoms with Crippen molar-refractivity contribution in [2.75, 3.05) is 18.5 Å². The standard InChI is InChI=1S/C15H14Cl2N2O2/c16-11-6-10(7-14-15(11)21-5-1-4-20-14)8-19-13-2-3-18-9-12(13)17/h2-3,6-7,9H,1,4-5,8H2,(H,18,19). The highest BCUT2D eigenvalue weighted by molar-refractivity contribution is 6.33. The molecule has 1 aromatic carbocycles. The Labute approximate surface area is 133 Å². The SMILES string of the molecule is Clc1cnccc1NCc1cc(Cl)c2c(c1)OCCCO2.